The maximum absolute atomic E-state index is 6.33. The van der Waals surface area contributed by atoms with Gasteiger partial charge in [-0.1, -0.05) is 22.8 Å². The molecule has 0 unspecified atom stereocenters. The minimum Gasteiger partial charge on any atom is -0.497 e. The van der Waals surface area contributed by atoms with Gasteiger partial charge in [0.2, 0.25) is 5.82 Å². The SMILES string of the molecule is COc1ccc(-c2noc(/C(Cl)=C/c3ccc(OC)c(OC)c3)n2)cc1. The first-order valence-electron chi connectivity index (χ1n) is 7.72. The molecule has 6 nitrogen and oxygen atoms in total. The summed E-state index contributed by atoms with van der Waals surface area (Å²) in [5.74, 6) is 2.67. The molecule has 0 aliphatic rings. The number of ether oxygens (including phenoxy) is 3. The standard InChI is InChI=1S/C19H17ClN2O4/c1-23-14-7-5-13(6-8-14)18-21-19(26-22-18)15(20)10-12-4-9-16(24-2)17(11-12)25-3/h4-11H,1-3H3/b15-10-. The summed E-state index contributed by atoms with van der Waals surface area (Å²) < 4.78 is 20.9. The fraction of sp³-hybridized carbons (Fsp3) is 0.158. The van der Waals surface area contributed by atoms with E-state index in [-0.39, 0.29) is 5.89 Å². The second-order valence-corrected chi connectivity index (χ2v) is 5.67. The summed E-state index contributed by atoms with van der Waals surface area (Å²) in [7, 11) is 4.77. The largest absolute Gasteiger partial charge is 0.497 e. The summed E-state index contributed by atoms with van der Waals surface area (Å²) in [6.45, 7) is 0. The summed E-state index contributed by atoms with van der Waals surface area (Å²) in [6, 6.07) is 12.8. The Hall–Kier alpha value is -2.99. The molecule has 0 aliphatic carbocycles. The van der Waals surface area contributed by atoms with Gasteiger partial charge >= 0.3 is 0 Å². The van der Waals surface area contributed by atoms with E-state index >= 15 is 0 Å². The Bertz CT molecular complexity index is 920. The van der Waals surface area contributed by atoms with Gasteiger partial charge in [0.15, 0.2) is 11.5 Å². The minimum atomic E-state index is 0.229. The summed E-state index contributed by atoms with van der Waals surface area (Å²) in [5.41, 5.74) is 1.62. The van der Waals surface area contributed by atoms with Crippen molar-refractivity contribution in [2.45, 2.75) is 0 Å². The van der Waals surface area contributed by atoms with Gasteiger partial charge in [-0.15, -0.1) is 0 Å². The number of hydrogen-bond donors (Lipinski definition) is 0. The van der Waals surface area contributed by atoms with Gasteiger partial charge in [0.1, 0.15) is 10.8 Å². The highest BCUT2D eigenvalue weighted by Gasteiger charge is 2.12. The normalized spacial score (nSPS) is 11.3. The van der Waals surface area contributed by atoms with Crippen LogP contribution in [0.3, 0.4) is 0 Å². The summed E-state index contributed by atoms with van der Waals surface area (Å²) in [4.78, 5) is 4.33. The first-order chi connectivity index (χ1) is 12.6. The number of benzene rings is 2. The molecule has 134 valence electrons. The van der Waals surface area contributed by atoms with Gasteiger partial charge < -0.3 is 18.7 Å². The Morgan fingerprint density at radius 2 is 1.69 bits per heavy atom. The second-order valence-electron chi connectivity index (χ2n) is 5.26. The third-order valence-electron chi connectivity index (χ3n) is 3.68. The summed E-state index contributed by atoms with van der Waals surface area (Å²) >= 11 is 6.33. The zero-order valence-corrected chi connectivity index (χ0v) is 15.3. The molecule has 3 aromatic rings. The molecule has 1 aromatic heterocycles. The van der Waals surface area contributed by atoms with Gasteiger partial charge in [0, 0.05) is 5.56 Å². The molecule has 7 heteroatoms. The lowest BCUT2D eigenvalue weighted by Crippen LogP contribution is -1.90. The van der Waals surface area contributed by atoms with Crippen LogP contribution in [0.25, 0.3) is 22.5 Å². The van der Waals surface area contributed by atoms with E-state index in [1.807, 2.05) is 36.4 Å². The van der Waals surface area contributed by atoms with E-state index in [0.717, 1.165) is 16.9 Å². The number of methoxy groups -OCH3 is 3. The van der Waals surface area contributed by atoms with Crippen molar-refractivity contribution >= 4 is 22.7 Å². The molecule has 0 spiro atoms. The molecule has 0 radical (unpaired) electrons. The molecule has 0 saturated heterocycles. The van der Waals surface area contributed by atoms with Crippen LogP contribution in [0.2, 0.25) is 0 Å². The predicted molar refractivity (Wildman–Crippen MR) is 99.6 cm³/mol. The van der Waals surface area contributed by atoms with Crippen molar-refractivity contribution < 1.29 is 18.7 Å². The van der Waals surface area contributed by atoms with Crippen LogP contribution in [0, 0.1) is 0 Å². The number of hydrogen-bond acceptors (Lipinski definition) is 6. The van der Waals surface area contributed by atoms with Crippen LogP contribution in [0.1, 0.15) is 11.5 Å². The Balaban J connectivity index is 1.85. The third kappa shape index (κ3) is 3.81. The van der Waals surface area contributed by atoms with Gasteiger partial charge in [-0.3, -0.25) is 0 Å². The third-order valence-corrected chi connectivity index (χ3v) is 3.95. The average Bonchev–Trinajstić information content (AvgIpc) is 3.18. The van der Waals surface area contributed by atoms with E-state index in [4.69, 9.17) is 30.3 Å². The first-order valence-corrected chi connectivity index (χ1v) is 8.10. The van der Waals surface area contributed by atoms with Crippen molar-refractivity contribution in [2.24, 2.45) is 0 Å². The number of halogens is 1. The van der Waals surface area contributed by atoms with Crippen LogP contribution in [-0.4, -0.2) is 31.5 Å². The minimum absolute atomic E-state index is 0.229. The lowest BCUT2D eigenvalue weighted by Gasteiger charge is -2.07. The lowest BCUT2D eigenvalue weighted by atomic mass is 10.2. The molecule has 0 N–H and O–H groups in total. The highest BCUT2D eigenvalue weighted by molar-refractivity contribution is 6.50. The van der Waals surface area contributed by atoms with Gasteiger partial charge in [-0.05, 0) is 48.0 Å². The van der Waals surface area contributed by atoms with Crippen LogP contribution in [0.4, 0.5) is 0 Å². The van der Waals surface area contributed by atoms with Crippen LogP contribution in [0.5, 0.6) is 17.2 Å². The van der Waals surface area contributed by atoms with E-state index in [1.54, 1.807) is 33.5 Å². The van der Waals surface area contributed by atoms with Crippen molar-refractivity contribution in [1.82, 2.24) is 10.1 Å². The van der Waals surface area contributed by atoms with Gasteiger partial charge in [0.25, 0.3) is 5.89 Å². The Labute approximate surface area is 156 Å². The van der Waals surface area contributed by atoms with Gasteiger partial charge in [-0.2, -0.15) is 4.98 Å². The number of rotatable bonds is 6. The van der Waals surface area contributed by atoms with Crippen molar-refractivity contribution in [2.75, 3.05) is 21.3 Å². The fourth-order valence-electron chi connectivity index (χ4n) is 2.33. The highest BCUT2D eigenvalue weighted by atomic mass is 35.5. The first kappa shape index (κ1) is 17.8. The molecule has 1 heterocycles. The van der Waals surface area contributed by atoms with Gasteiger partial charge in [-0.25, -0.2) is 0 Å². The quantitative estimate of drug-likeness (QED) is 0.634. The van der Waals surface area contributed by atoms with E-state index in [9.17, 15) is 0 Å². The van der Waals surface area contributed by atoms with E-state index in [0.29, 0.717) is 22.4 Å². The Morgan fingerprint density at radius 1 is 0.962 bits per heavy atom. The molecule has 0 aliphatic heterocycles. The number of aromatic nitrogens is 2. The van der Waals surface area contributed by atoms with E-state index in [2.05, 4.69) is 10.1 Å². The molecule has 2 aromatic carbocycles. The average molecular weight is 373 g/mol. The second kappa shape index (κ2) is 7.93. The molecular weight excluding hydrogens is 356 g/mol. The maximum Gasteiger partial charge on any atom is 0.269 e. The molecular formula is C19H17ClN2O4. The van der Waals surface area contributed by atoms with Crippen molar-refractivity contribution in [3.63, 3.8) is 0 Å². The molecule has 0 atom stereocenters. The molecule has 0 bridgehead atoms. The van der Waals surface area contributed by atoms with Crippen LogP contribution < -0.4 is 14.2 Å². The molecule has 0 saturated carbocycles. The molecule has 0 amide bonds. The van der Waals surface area contributed by atoms with Crippen molar-refractivity contribution in [3.05, 3.63) is 53.9 Å². The van der Waals surface area contributed by atoms with Crippen LogP contribution >= 0.6 is 11.6 Å². The fourth-order valence-corrected chi connectivity index (χ4v) is 2.53. The lowest BCUT2D eigenvalue weighted by molar-refractivity contribution is 0.355. The van der Waals surface area contributed by atoms with E-state index in [1.165, 1.54) is 0 Å². The highest BCUT2D eigenvalue weighted by Crippen LogP contribution is 2.30. The van der Waals surface area contributed by atoms with E-state index < -0.39 is 0 Å². The van der Waals surface area contributed by atoms with Crippen molar-refractivity contribution in [1.29, 1.82) is 0 Å². The van der Waals surface area contributed by atoms with Gasteiger partial charge in [0.05, 0.1) is 21.3 Å². The monoisotopic (exact) mass is 372 g/mol. The molecule has 0 fully saturated rings. The number of nitrogens with zero attached hydrogens (tertiary/aromatic N) is 2. The topological polar surface area (TPSA) is 66.6 Å². The predicted octanol–water partition coefficient (Wildman–Crippen LogP) is 4.50. The summed E-state index contributed by atoms with van der Waals surface area (Å²) in [6.07, 6.45) is 1.72. The Kier molecular flexibility index (Phi) is 5.43. The summed E-state index contributed by atoms with van der Waals surface area (Å²) in [5, 5.41) is 4.29. The van der Waals surface area contributed by atoms with Crippen molar-refractivity contribution in [3.8, 4) is 28.6 Å². The Morgan fingerprint density at radius 3 is 2.35 bits per heavy atom. The zero-order valence-electron chi connectivity index (χ0n) is 14.5. The molecule has 26 heavy (non-hydrogen) atoms. The smallest absolute Gasteiger partial charge is 0.269 e. The zero-order chi connectivity index (χ0) is 18.5. The van der Waals surface area contributed by atoms with Crippen LogP contribution in [-0.2, 0) is 0 Å². The maximum atomic E-state index is 6.33. The molecule has 3 rings (SSSR count). The van der Waals surface area contributed by atoms with Crippen LogP contribution in [0.15, 0.2) is 47.0 Å².